The number of rotatable bonds is 7. The third-order valence-electron chi connectivity index (χ3n) is 5.46. The number of carbonyl (C=O) groups is 2. The summed E-state index contributed by atoms with van der Waals surface area (Å²) in [5.41, 5.74) is 3.87. The summed E-state index contributed by atoms with van der Waals surface area (Å²) in [5, 5.41) is 7.96. The van der Waals surface area contributed by atoms with Crippen LogP contribution < -0.4 is 5.32 Å². The van der Waals surface area contributed by atoms with Gasteiger partial charge in [-0.05, 0) is 39.3 Å². The first-order valence-corrected chi connectivity index (χ1v) is 11.4. The Labute approximate surface area is 195 Å². The number of benzene rings is 1. The fraction of sp³-hybridized carbons (Fsp3) is 0.458. The minimum Gasteiger partial charge on any atom is -0.353 e. The average molecular weight is 458 g/mol. The van der Waals surface area contributed by atoms with E-state index in [0.717, 1.165) is 16.8 Å². The number of aromatic nitrogens is 2. The van der Waals surface area contributed by atoms with E-state index in [2.05, 4.69) is 46.5 Å². The van der Waals surface area contributed by atoms with Crippen LogP contribution in [0.4, 0.5) is 0 Å². The lowest BCUT2D eigenvalue weighted by molar-refractivity contribution is -0.128. The number of piperazine rings is 1. The average Bonchev–Trinajstić information content (AvgIpc) is 3.00. The molecule has 0 unspecified atom stereocenters. The van der Waals surface area contributed by atoms with Gasteiger partial charge in [-0.3, -0.25) is 14.5 Å². The van der Waals surface area contributed by atoms with Gasteiger partial charge in [0.05, 0.1) is 18.8 Å². The maximum Gasteiger partial charge on any atom is 0.246 e. The zero-order valence-electron chi connectivity index (χ0n) is 19.3. The molecule has 0 spiro atoms. The molecule has 1 aromatic heterocycles. The summed E-state index contributed by atoms with van der Waals surface area (Å²) in [6.07, 6.45) is 3.31. The summed E-state index contributed by atoms with van der Waals surface area (Å²) >= 11 is 6.56. The van der Waals surface area contributed by atoms with Crippen molar-refractivity contribution in [2.24, 2.45) is 0 Å². The summed E-state index contributed by atoms with van der Waals surface area (Å²) in [5.74, 6) is -0.0366. The molecule has 172 valence electrons. The topological polar surface area (TPSA) is 70.5 Å². The third-order valence-corrected chi connectivity index (χ3v) is 5.85. The molecule has 1 aliphatic heterocycles. The van der Waals surface area contributed by atoms with Crippen LogP contribution >= 0.6 is 11.6 Å². The van der Waals surface area contributed by atoms with Gasteiger partial charge >= 0.3 is 0 Å². The third kappa shape index (κ3) is 6.43. The molecule has 7 nitrogen and oxygen atoms in total. The van der Waals surface area contributed by atoms with Crippen LogP contribution in [0.25, 0.3) is 6.08 Å². The first kappa shape index (κ1) is 24.0. The van der Waals surface area contributed by atoms with Crippen molar-refractivity contribution >= 4 is 29.5 Å². The predicted molar refractivity (Wildman–Crippen MR) is 128 cm³/mol. The van der Waals surface area contributed by atoms with Gasteiger partial charge in [0.2, 0.25) is 11.8 Å². The van der Waals surface area contributed by atoms with E-state index in [1.54, 1.807) is 21.7 Å². The molecule has 3 rings (SSSR count). The number of hydrogen-bond donors (Lipinski definition) is 1. The molecule has 1 fully saturated rings. The number of carbonyl (C=O) groups excluding carboxylic acids is 2. The molecule has 0 bridgehead atoms. The Morgan fingerprint density at radius 1 is 1.12 bits per heavy atom. The lowest BCUT2D eigenvalue weighted by Gasteiger charge is -2.33. The summed E-state index contributed by atoms with van der Waals surface area (Å²) < 4.78 is 1.76. The van der Waals surface area contributed by atoms with Gasteiger partial charge in [0.15, 0.2) is 0 Å². The summed E-state index contributed by atoms with van der Waals surface area (Å²) in [4.78, 5) is 28.5. The highest BCUT2D eigenvalue weighted by molar-refractivity contribution is 6.31. The van der Waals surface area contributed by atoms with Gasteiger partial charge in [0.25, 0.3) is 0 Å². The summed E-state index contributed by atoms with van der Waals surface area (Å²) in [6, 6.07) is 8.39. The number of nitrogens with one attached hydrogen (secondary N) is 1. The van der Waals surface area contributed by atoms with Crippen molar-refractivity contribution in [3.05, 3.63) is 57.9 Å². The Hall–Kier alpha value is -2.64. The minimum atomic E-state index is -0.0574. The van der Waals surface area contributed by atoms with Crippen LogP contribution in [-0.4, -0.2) is 70.2 Å². The van der Waals surface area contributed by atoms with Crippen LogP contribution in [0, 0.1) is 13.8 Å². The van der Waals surface area contributed by atoms with Crippen molar-refractivity contribution in [2.45, 2.75) is 40.3 Å². The van der Waals surface area contributed by atoms with Gasteiger partial charge in [-0.2, -0.15) is 5.10 Å². The highest BCUT2D eigenvalue weighted by Gasteiger charge is 2.21. The van der Waals surface area contributed by atoms with E-state index in [0.29, 0.717) is 44.4 Å². The van der Waals surface area contributed by atoms with Crippen LogP contribution in [0.5, 0.6) is 0 Å². The van der Waals surface area contributed by atoms with Gasteiger partial charge in [-0.1, -0.05) is 41.4 Å². The van der Waals surface area contributed by atoms with Crippen LogP contribution in [0.2, 0.25) is 5.15 Å². The van der Waals surface area contributed by atoms with Crippen LogP contribution in [-0.2, 0) is 16.1 Å². The van der Waals surface area contributed by atoms with E-state index < -0.39 is 0 Å². The van der Waals surface area contributed by atoms with Gasteiger partial charge < -0.3 is 10.2 Å². The molecule has 0 radical (unpaired) electrons. The molecule has 2 heterocycles. The maximum absolute atomic E-state index is 12.7. The molecule has 0 saturated carbocycles. The second-order valence-electron chi connectivity index (χ2n) is 8.59. The van der Waals surface area contributed by atoms with Gasteiger partial charge in [0.1, 0.15) is 5.15 Å². The maximum atomic E-state index is 12.7. The molecular formula is C24H32ClN5O2. The van der Waals surface area contributed by atoms with Crippen LogP contribution in [0.3, 0.4) is 0 Å². The number of amides is 2. The van der Waals surface area contributed by atoms with E-state index in [4.69, 9.17) is 11.6 Å². The van der Waals surface area contributed by atoms with E-state index in [1.807, 2.05) is 20.8 Å². The lowest BCUT2D eigenvalue weighted by Crippen LogP contribution is -2.51. The molecule has 2 aromatic rings. The summed E-state index contributed by atoms with van der Waals surface area (Å²) in [7, 11) is 0. The van der Waals surface area contributed by atoms with Crippen LogP contribution in [0.1, 0.15) is 36.2 Å². The van der Waals surface area contributed by atoms with E-state index in [-0.39, 0.29) is 17.9 Å². The molecular weight excluding hydrogens is 426 g/mol. The normalized spacial score (nSPS) is 15.0. The van der Waals surface area contributed by atoms with E-state index in [9.17, 15) is 9.59 Å². The Balaban J connectivity index is 1.56. The fourth-order valence-corrected chi connectivity index (χ4v) is 3.98. The second-order valence-corrected chi connectivity index (χ2v) is 8.95. The van der Waals surface area contributed by atoms with Crippen molar-refractivity contribution in [3.63, 3.8) is 0 Å². The zero-order valence-corrected chi connectivity index (χ0v) is 20.0. The monoisotopic (exact) mass is 457 g/mol. The van der Waals surface area contributed by atoms with Crippen LogP contribution in [0.15, 0.2) is 30.3 Å². The molecule has 1 N–H and O–H groups in total. The molecule has 1 aliphatic rings. The predicted octanol–water partition coefficient (Wildman–Crippen LogP) is 2.88. The molecule has 8 heteroatoms. The Morgan fingerprint density at radius 2 is 1.78 bits per heavy atom. The van der Waals surface area contributed by atoms with Crippen molar-refractivity contribution in [1.82, 2.24) is 24.9 Å². The Bertz CT molecular complexity index is 973. The largest absolute Gasteiger partial charge is 0.353 e. The zero-order chi connectivity index (χ0) is 23.3. The summed E-state index contributed by atoms with van der Waals surface area (Å²) in [6.45, 7) is 11.3. The first-order valence-electron chi connectivity index (χ1n) is 11.0. The number of halogens is 1. The highest BCUT2D eigenvalue weighted by Crippen LogP contribution is 2.22. The lowest BCUT2D eigenvalue weighted by atomic mass is 10.1. The molecule has 1 aromatic carbocycles. The standard InChI is InChI=1S/C24H32ClN5O2/c1-17(2)26-22(31)16-28-11-13-29(14-12-28)23(32)10-9-21-19(4)27-30(24(21)25)15-20-7-5-18(3)6-8-20/h5-10,17H,11-16H2,1-4H3,(H,26,31)/b10-9+. The van der Waals surface area contributed by atoms with E-state index in [1.165, 1.54) is 5.56 Å². The smallest absolute Gasteiger partial charge is 0.246 e. The van der Waals surface area contributed by atoms with Crippen molar-refractivity contribution in [3.8, 4) is 0 Å². The van der Waals surface area contributed by atoms with Crippen molar-refractivity contribution < 1.29 is 9.59 Å². The van der Waals surface area contributed by atoms with Crippen molar-refractivity contribution in [2.75, 3.05) is 32.7 Å². The first-order chi connectivity index (χ1) is 15.2. The molecule has 32 heavy (non-hydrogen) atoms. The molecule has 0 aliphatic carbocycles. The number of nitrogens with zero attached hydrogens (tertiary/aromatic N) is 4. The van der Waals surface area contributed by atoms with Crippen molar-refractivity contribution in [1.29, 1.82) is 0 Å². The minimum absolute atomic E-state index is 0.0208. The van der Waals surface area contributed by atoms with Gasteiger partial charge in [-0.15, -0.1) is 0 Å². The van der Waals surface area contributed by atoms with Gasteiger partial charge in [-0.25, -0.2) is 4.68 Å². The van der Waals surface area contributed by atoms with Gasteiger partial charge in [0, 0.05) is 43.9 Å². The molecule has 1 saturated heterocycles. The SMILES string of the molecule is Cc1ccc(Cn2nc(C)c(/C=C/C(=O)N3CCN(CC(=O)NC(C)C)CC3)c2Cl)cc1. The quantitative estimate of drug-likeness (QED) is 0.649. The molecule has 2 amide bonds. The second kappa shape index (κ2) is 10.8. The highest BCUT2D eigenvalue weighted by atomic mass is 35.5. The number of hydrogen-bond acceptors (Lipinski definition) is 4. The Morgan fingerprint density at radius 3 is 2.41 bits per heavy atom. The number of aryl methyl sites for hydroxylation is 2. The Kier molecular flexibility index (Phi) is 8.10. The van der Waals surface area contributed by atoms with E-state index >= 15 is 0 Å². The fourth-order valence-electron chi connectivity index (χ4n) is 3.68. The molecule has 0 atom stereocenters.